The number of amidine groups is 1. The molecular formula is C19H18F3N5O2. The average molecular weight is 405 g/mol. The van der Waals surface area contributed by atoms with Crippen molar-refractivity contribution < 1.29 is 23.0 Å². The lowest BCUT2D eigenvalue weighted by molar-refractivity contribution is -0.141. The first-order chi connectivity index (χ1) is 13.8. The summed E-state index contributed by atoms with van der Waals surface area (Å²) in [4.78, 5) is 7.76. The van der Waals surface area contributed by atoms with Crippen molar-refractivity contribution in [3.05, 3.63) is 53.5 Å². The number of nitrogens with zero attached hydrogens (tertiary/aromatic N) is 4. The van der Waals surface area contributed by atoms with Crippen molar-refractivity contribution in [1.82, 2.24) is 14.8 Å². The Kier molecular flexibility index (Phi) is 4.97. The summed E-state index contributed by atoms with van der Waals surface area (Å²) in [5, 5.41) is 15.0. The maximum Gasteiger partial charge on any atom is 0.433 e. The molecule has 7 nitrogen and oxygen atoms in total. The third kappa shape index (κ3) is 4.08. The van der Waals surface area contributed by atoms with Gasteiger partial charge in [0.05, 0.1) is 31.0 Å². The third-order valence-electron chi connectivity index (χ3n) is 4.62. The number of pyridine rings is 1. The molecule has 1 aromatic carbocycles. The largest absolute Gasteiger partial charge is 0.433 e. The van der Waals surface area contributed by atoms with Crippen molar-refractivity contribution in [2.75, 3.05) is 13.2 Å². The molecule has 3 heterocycles. The summed E-state index contributed by atoms with van der Waals surface area (Å²) in [6.45, 7) is 1.81. The Balaban J connectivity index is 1.68. The van der Waals surface area contributed by atoms with E-state index in [1.807, 2.05) is 10.9 Å². The zero-order valence-corrected chi connectivity index (χ0v) is 15.2. The van der Waals surface area contributed by atoms with Crippen molar-refractivity contribution in [2.24, 2.45) is 16.6 Å². The quantitative estimate of drug-likeness (QED) is 0.502. The number of alkyl halides is 3. The lowest BCUT2D eigenvalue weighted by Gasteiger charge is -2.25. The lowest BCUT2D eigenvalue weighted by atomic mass is 10.1. The van der Waals surface area contributed by atoms with E-state index >= 15 is 0 Å². The van der Waals surface area contributed by atoms with E-state index < -0.39 is 11.9 Å². The monoisotopic (exact) mass is 405 g/mol. The molecule has 2 aromatic heterocycles. The van der Waals surface area contributed by atoms with Gasteiger partial charge < -0.3 is 15.6 Å². The number of hydrogen-bond acceptors (Lipinski definition) is 5. The van der Waals surface area contributed by atoms with E-state index in [1.165, 1.54) is 12.1 Å². The number of aliphatic hydroxyl groups is 1. The Morgan fingerprint density at radius 2 is 2.10 bits per heavy atom. The number of benzene rings is 1. The predicted molar refractivity (Wildman–Crippen MR) is 99.6 cm³/mol. The zero-order valence-electron chi connectivity index (χ0n) is 15.2. The van der Waals surface area contributed by atoms with Gasteiger partial charge in [0.25, 0.3) is 0 Å². The van der Waals surface area contributed by atoms with Crippen molar-refractivity contribution in [1.29, 1.82) is 0 Å². The third-order valence-corrected chi connectivity index (χ3v) is 4.62. The van der Waals surface area contributed by atoms with Gasteiger partial charge in [-0.25, -0.2) is 9.98 Å². The van der Waals surface area contributed by atoms with Crippen LogP contribution in [-0.2, 0) is 24.1 Å². The molecule has 4 rings (SSSR count). The van der Waals surface area contributed by atoms with E-state index in [0.717, 1.165) is 18.0 Å². The summed E-state index contributed by atoms with van der Waals surface area (Å²) >= 11 is 0. The number of ether oxygens (including phenoxy) is 1. The van der Waals surface area contributed by atoms with Gasteiger partial charge in [-0.15, -0.1) is 0 Å². The first kappa shape index (κ1) is 19.3. The molecule has 1 saturated heterocycles. The normalized spacial score (nSPS) is 15.7. The molecule has 3 aromatic rings. The highest BCUT2D eigenvalue weighted by Crippen LogP contribution is 2.29. The number of halogens is 3. The van der Waals surface area contributed by atoms with Crippen LogP contribution >= 0.6 is 0 Å². The SMILES string of the molecule is NC(=Nc1cc2cn(CC3COC3)nc2cc1CO)c1cccc(C(F)(F)F)n1. The molecule has 0 atom stereocenters. The molecule has 10 heteroatoms. The minimum atomic E-state index is -4.58. The molecule has 0 radical (unpaired) electrons. The fourth-order valence-corrected chi connectivity index (χ4v) is 3.06. The highest BCUT2D eigenvalue weighted by molar-refractivity contribution is 5.98. The van der Waals surface area contributed by atoms with Gasteiger partial charge in [-0.05, 0) is 24.3 Å². The second-order valence-corrected chi connectivity index (χ2v) is 6.86. The summed E-state index contributed by atoms with van der Waals surface area (Å²) < 4.78 is 45.6. The Morgan fingerprint density at radius 3 is 2.76 bits per heavy atom. The average Bonchev–Trinajstić information content (AvgIpc) is 3.05. The lowest BCUT2D eigenvalue weighted by Crippen LogP contribution is -2.31. The van der Waals surface area contributed by atoms with Gasteiger partial charge in [0.1, 0.15) is 17.2 Å². The number of aromatic nitrogens is 3. The van der Waals surface area contributed by atoms with E-state index in [1.54, 1.807) is 12.1 Å². The molecule has 0 spiro atoms. The van der Waals surface area contributed by atoms with Crippen LogP contribution in [0.2, 0.25) is 0 Å². The summed E-state index contributed by atoms with van der Waals surface area (Å²) in [5.41, 5.74) is 6.26. The Labute approximate surface area is 163 Å². The van der Waals surface area contributed by atoms with Crippen LogP contribution < -0.4 is 5.73 Å². The molecule has 29 heavy (non-hydrogen) atoms. The molecule has 0 saturated carbocycles. The van der Waals surface area contributed by atoms with Crippen molar-refractivity contribution in [3.63, 3.8) is 0 Å². The molecule has 0 bridgehead atoms. The van der Waals surface area contributed by atoms with Crippen LogP contribution in [0.15, 0.2) is 41.5 Å². The predicted octanol–water partition coefficient (Wildman–Crippen LogP) is 2.63. The number of hydrogen-bond donors (Lipinski definition) is 2. The molecule has 1 aliphatic heterocycles. The van der Waals surface area contributed by atoms with Crippen LogP contribution in [0.3, 0.4) is 0 Å². The second kappa shape index (κ2) is 7.45. The first-order valence-electron chi connectivity index (χ1n) is 8.91. The first-order valence-corrected chi connectivity index (χ1v) is 8.91. The van der Waals surface area contributed by atoms with Gasteiger partial charge in [-0.2, -0.15) is 18.3 Å². The Bertz CT molecular complexity index is 1070. The molecule has 1 fully saturated rings. The number of aliphatic imine (C=N–C) groups is 1. The van der Waals surface area contributed by atoms with Crippen LogP contribution in [-0.4, -0.2) is 38.9 Å². The van der Waals surface area contributed by atoms with Gasteiger partial charge in [0, 0.05) is 29.6 Å². The van der Waals surface area contributed by atoms with Gasteiger partial charge >= 0.3 is 6.18 Å². The molecule has 0 aliphatic carbocycles. The summed E-state index contributed by atoms with van der Waals surface area (Å²) in [6, 6.07) is 6.82. The van der Waals surface area contributed by atoms with Crippen molar-refractivity contribution in [2.45, 2.75) is 19.3 Å². The summed E-state index contributed by atoms with van der Waals surface area (Å²) in [7, 11) is 0. The van der Waals surface area contributed by atoms with Gasteiger partial charge in [-0.3, -0.25) is 4.68 Å². The molecular weight excluding hydrogens is 387 g/mol. The van der Waals surface area contributed by atoms with Crippen LogP contribution in [0.4, 0.5) is 18.9 Å². The van der Waals surface area contributed by atoms with Crippen LogP contribution in [0.25, 0.3) is 10.9 Å². The fourth-order valence-electron chi connectivity index (χ4n) is 3.06. The Hall–Kier alpha value is -2.98. The smallest absolute Gasteiger partial charge is 0.392 e. The van der Waals surface area contributed by atoms with E-state index in [2.05, 4.69) is 15.1 Å². The minimum absolute atomic E-state index is 0.0931. The molecule has 3 N–H and O–H groups in total. The van der Waals surface area contributed by atoms with Crippen LogP contribution in [0, 0.1) is 5.92 Å². The van der Waals surface area contributed by atoms with Gasteiger partial charge in [0.2, 0.25) is 0 Å². The van der Waals surface area contributed by atoms with Crippen molar-refractivity contribution in [3.8, 4) is 0 Å². The zero-order chi connectivity index (χ0) is 20.6. The van der Waals surface area contributed by atoms with E-state index in [4.69, 9.17) is 10.5 Å². The second-order valence-electron chi connectivity index (χ2n) is 6.86. The van der Waals surface area contributed by atoms with E-state index in [9.17, 15) is 18.3 Å². The van der Waals surface area contributed by atoms with E-state index in [-0.39, 0.29) is 18.1 Å². The number of fused-ring (bicyclic) bond motifs is 1. The van der Waals surface area contributed by atoms with Crippen molar-refractivity contribution >= 4 is 22.4 Å². The van der Waals surface area contributed by atoms with Gasteiger partial charge in [0.15, 0.2) is 0 Å². The molecule has 0 amide bonds. The number of nitrogens with two attached hydrogens (primary N) is 1. The highest BCUT2D eigenvalue weighted by atomic mass is 19.4. The molecule has 1 aliphatic rings. The minimum Gasteiger partial charge on any atom is -0.392 e. The summed E-state index contributed by atoms with van der Waals surface area (Å²) in [5.74, 6) is 0.242. The maximum atomic E-state index is 12.9. The topological polar surface area (TPSA) is 98.5 Å². The maximum absolute atomic E-state index is 12.9. The van der Waals surface area contributed by atoms with Crippen LogP contribution in [0.5, 0.6) is 0 Å². The van der Waals surface area contributed by atoms with Gasteiger partial charge in [-0.1, -0.05) is 6.07 Å². The molecule has 152 valence electrons. The fraction of sp³-hybridized carbons (Fsp3) is 0.316. The van der Waals surface area contributed by atoms with E-state index in [0.29, 0.717) is 35.9 Å². The Morgan fingerprint density at radius 1 is 1.31 bits per heavy atom. The number of rotatable bonds is 5. The molecule has 0 unspecified atom stereocenters. The summed E-state index contributed by atoms with van der Waals surface area (Å²) in [6.07, 6.45) is -2.72. The highest BCUT2D eigenvalue weighted by Gasteiger charge is 2.32. The standard InChI is InChI=1S/C19H18F3N5O2/c20-19(21,22)17-3-1-2-14(24-17)18(23)25-15-4-12-7-27(6-11-9-29-10-11)26-16(12)5-13(15)8-28/h1-5,7,11,28H,6,8-10H2,(H2,23,25). The van der Waals surface area contributed by atoms with Crippen LogP contribution in [0.1, 0.15) is 17.0 Å². The number of aliphatic hydroxyl groups excluding tert-OH is 1.